The number of hydrazine groups is 1. The Morgan fingerprint density at radius 3 is 2.93 bits per heavy atom. The largest absolute Gasteiger partial charge is 0.346 e. The van der Waals surface area contributed by atoms with Crippen molar-refractivity contribution in [2.75, 3.05) is 32.0 Å². The van der Waals surface area contributed by atoms with Gasteiger partial charge in [0.05, 0.1) is 24.6 Å². The maximum Gasteiger partial charge on any atom is 0.0992 e. The van der Waals surface area contributed by atoms with Gasteiger partial charge in [-0.15, -0.1) is 0 Å². The number of nitrogens with one attached hydrogen (secondary N) is 3. The molecule has 2 aliphatic rings. The van der Waals surface area contributed by atoms with Crippen LogP contribution in [0.2, 0.25) is 0 Å². The van der Waals surface area contributed by atoms with E-state index in [2.05, 4.69) is 56.5 Å². The first-order valence-electron chi connectivity index (χ1n) is 9.74. The summed E-state index contributed by atoms with van der Waals surface area (Å²) in [6.07, 6.45) is 13.6. The Morgan fingerprint density at radius 1 is 1.29 bits per heavy atom. The molecule has 3 N–H and O–H groups in total. The molecular formula is C21H27N7. The lowest BCUT2D eigenvalue weighted by Gasteiger charge is -2.23. The average molecular weight is 377 g/mol. The second-order valence-corrected chi connectivity index (χ2v) is 7.17. The second kappa shape index (κ2) is 8.86. The lowest BCUT2D eigenvalue weighted by Crippen LogP contribution is -2.28. The van der Waals surface area contributed by atoms with Crippen molar-refractivity contribution in [2.24, 2.45) is 4.99 Å². The third-order valence-corrected chi connectivity index (χ3v) is 5.16. The smallest absolute Gasteiger partial charge is 0.0992 e. The van der Waals surface area contributed by atoms with E-state index in [9.17, 15) is 0 Å². The lowest BCUT2D eigenvalue weighted by molar-refractivity contribution is 0.374. The van der Waals surface area contributed by atoms with Crippen molar-refractivity contribution in [3.05, 3.63) is 60.4 Å². The monoisotopic (exact) mass is 377 g/mol. The Balaban J connectivity index is 1.31. The molecule has 28 heavy (non-hydrogen) atoms. The number of aliphatic imine (C=N–C) groups is 1. The number of nitrogens with zero attached hydrogens (tertiary/aromatic N) is 4. The van der Waals surface area contributed by atoms with Crippen LogP contribution in [0.3, 0.4) is 0 Å². The highest BCUT2D eigenvalue weighted by Crippen LogP contribution is 2.24. The van der Waals surface area contributed by atoms with Crippen molar-refractivity contribution >= 4 is 23.8 Å². The van der Waals surface area contributed by atoms with Gasteiger partial charge in [0.15, 0.2) is 0 Å². The zero-order valence-electron chi connectivity index (χ0n) is 16.2. The van der Waals surface area contributed by atoms with E-state index in [4.69, 9.17) is 0 Å². The van der Waals surface area contributed by atoms with Crippen molar-refractivity contribution in [1.29, 1.82) is 0 Å². The van der Waals surface area contributed by atoms with Gasteiger partial charge in [0.25, 0.3) is 0 Å². The fourth-order valence-corrected chi connectivity index (χ4v) is 3.62. The number of hydrogen-bond acceptors (Lipinski definition) is 5. The molecule has 146 valence electrons. The molecule has 7 nitrogen and oxygen atoms in total. The first-order valence-corrected chi connectivity index (χ1v) is 9.74. The van der Waals surface area contributed by atoms with Crippen LogP contribution in [0.1, 0.15) is 30.0 Å². The predicted molar refractivity (Wildman–Crippen MR) is 115 cm³/mol. The molecule has 1 atom stereocenters. The molecule has 1 unspecified atom stereocenters. The van der Waals surface area contributed by atoms with Crippen LogP contribution in [-0.4, -0.2) is 47.6 Å². The molecule has 2 aromatic rings. The number of hydrogen-bond donors (Lipinski definition) is 3. The molecule has 0 bridgehead atoms. The minimum atomic E-state index is 0.633. The summed E-state index contributed by atoms with van der Waals surface area (Å²) >= 11 is 0. The first kappa shape index (κ1) is 18.5. The molecular weight excluding hydrogens is 350 g/mol. The van der Waals surface area contributed by atoms with Gasteiger partial charge in [0, 0.05) is 50.0 Å². The van der Waals surface area contributed by atoms with Crippen LogP contribution in [0.5, 0.6) is 0 Å². The van der Waals surface area contributed by atoms with E-state index in [1.807, 2.05) is 29.0 Å². The summed E-state index contributed by atoms with van der Waals surface area (Å²) < 4.78 is 1.97. The molecule has 1 fully saturated rings. The average Bonchev–Trinajstić information content (AvgIpc) is 3.37. The van der Waals surface area contributed by atoms with Crippen molar-refractivity contribution < 1.29 is 0 Å². The van der Waals surface area contributed by atoms with Crippen LogP contribution in [0.15, 0.2) is 54.2 Å². The quantitative estimate of drug-likeness (QED) is 0.533. The topological polar surface area (TPSA) is 69.5 Å². The molecule has 0 saturated carbocycles. The fraction of sp³-hybridized carbons (Fsp3) is 0.333. The lowest BCUT2D eigenvalue weighted by atomic mass is 9.92. The molecule has 0 spiro atoms. The van der Waals surface area contributed by atoms with Crippen molar-refractivity contribution in [2.45, 2.75) is 18.8 Å². The van der Waals surface area contributed by atoms with Crippen molar-refractivity contribution in [3.8, 4) is 0 Å². The molecule has 3 heterocycles. The van der Waals surface area contributed by atoms with Gasteiger partial charge in [-0.25, -0.2) is 15.4 Å². The Kier molecular flexibility index (Phi) is 5.84. The summed E-state index contributed by atoms with van der Waals surface area (Å²) in [4.78, 5) is 8.55. The Bertz CT molecular complexity index is 857. The minimum absolute atomic E-state index is 0.633. The highest BCUT2D eigenvalue weighted by Gasteiger charge is 2.14. The van der Waals surface area contributed by atoms with E-state index in [0.717, 1.165) is 31.0 Å². The van der Waals surface area contributed by atoms with E-state index >= 15 is 0 Å². The maximum absolute atomic E-state index is 4.32. The Morgan fingerprint density at radius 2 is 2.18 bits per heavy atom. The van der Waals surface area contributed by atoms with Crippen LogP contribution < -0.4 is 16.1 Å². The van der Waals surface area contributed by atoms with E-state index in [1.54, 1.807) is 18.9 Å². The maximum atomic E-state index is 4.32. The van der Waals surface area contributed by atoms with Crippen LogP contribution >= 0.6 is 0 Å². The SMILES string of the molecule is CN1C=C(c2cncn2/C=C\N=CNc2ccc(C3CCCNC3)cc2)CN1. The molecule has 1 aromatic heterocycles. The number of rotatable bonds is 6. The van der Waals surface area contributed by atoms with Crippen LogP contribution in [-0.2, 0) is 0 Å². The third kappa shape index (κ3) is 4.49. The van der Waals surface area contributed by atoms with Gasteiger partial charge in [-0.3, -0.25) is 0 Å². The van der Waals surface area contributed by atoms with E-state index in [-0.39, 0.29) is 0 Å². The number of anilines is 1. The van der Waals surface area contributed by atoms with Gasteiger partial charge in [0.1, 0.15) is 0 Å². The Hall–Kier alpha value is -2.90. The molecule has 0 aliphatic carbocycles. The fourth-order valence-electron chi connectivity index (χ4n) is 3.62. The van der Waals surface area contributed by atoms with Crippen LogP contribution in [0, 0.1) is 0 Å². The number of aromatic nitrogens is 2. The second-order valence-electron chi connectivity index (χ2n) is 7.17. The highest BCUT2D eigenvalue weighted by atomic mass is 15.5. The number of piperidine rings is 1. The summed E-state index contributed by atoms with van der Waals surface area (Å²) in [7, 11) is 1.98. The highest BCUT2D eigenvalue weighted by molar-refractivity contribution is 5.76. The zero-order valence-corrected chi connectivity index (χ0v) is 16.2. The van der Waals surface area contributed by atoms with Gasteiger partial charge in [-0.05, 0) is 43.0 Å². The molecule has 0 amide bonds. The van der Waals surface area contributed by atoms with Crippen molar-refractivity contribution in [1.82, 2.24) is 25.3 Å². The molecule has 0 radical (unpaired) electrons. The molecule has 7 heteroatoms. The predicted octanol–water partition coefficient (Wildman–Crippen LogP) is 2.71. The van der Waals surface area contributed by atoms with Crippen LogP contribution in [0.4, 0.5) is 5.69 Å². The van der Waals surface area contributed by atoms with Crippen molar-refractivity contribution in [3.63, 3.8) is 0 Å². The summed E-state index contributed by atoms with van der Waals surface area (Å²) in [5.41, 5.74) is 7.94. The number of benzene rings is 1. The van der Waals surface area contributed by atoms with Gasteiger partial charge >= 0.3 is 0 Å². The van der Waals surface area contributed by atoms with Gasteiger partial charge in [-0.1, -0.05) is 12.1 Å². The van der Waals surface area contributed by atoms with Crippen LogP contribution in [0.25, 0.3) is 11.8 Å². The van der Waals surface area contributed by atoms with E-state index in [0.29, 0.717) is 5.92 Å². The summed E-state index contributed by atoms with van der Waals surface area (Å²) in [5.74, 6) is 0.633. The van der Waals surface area contributed by atoms with E-state index < -0.39 is 0 Å². The minimum Gasteiger partial charge on any atom is -0.346 e. The number of imidazole rings is 1. The molecule has 4 rings (SSSR count). The standard InChI is InChI=1S/C21H27N7/c1-27-14-19(12-26-27)21-13-24-16-28(21)10-9-23-15-25-20-6-4-17(5-7-20)18-3-2-8-22-11-18/h4-7,9-10,13-16,18,22,26H,2-3,8,11-12H2,1H3,(H,23,25)/b10-9-. The normalized spacial score (nSPS) is 20.2. The molecule has 2 aliphatic heterocycles. The molecule has 1 saturated heterocycles. The summed E-state index contributed by atoms with van der Waals surface area (Å²) in [6, 6.07) is 8.65. The van der Waals surface area contributed by atoms with Gasteiger partial charge in [0.2, 0.25) is 0 Å². The zero-order chi connectivity index (χ0) is 19.2. The molecule has 1 aromatic carbocycles. The van der Waals surface area contributed by atoms with Gasteiger partial charge in [-0.2, -0.15) is 0 Å². The van der Waals surface area contributed by atoms with E-state index in [1.165, 1.54) is 24.0 Å². The first-order chi connectivity index (χ1) is 13.8. The summed E-state index contributed by atoms with van der Waals surface area (Å²) in [5, 5.41) is 8.64. The summed E-state index contributed by atoms with van der Waals surface area (Å²) in [6.45, 7) is 3.03. The van der Waals surface area contributed by atoms with Gasteiger partial charge < -0.3 is 20.2 Å². The Labute approximate surface area is 165 Å². The third-order valence-electron chi connectivity index (χ3n) is 5.16.